The van der Waals surface area contributed by atoms with Crippen LogP contribution in [0.5, 0.6) is 0 Å². The molecule has 4 nitrogen and oxygen atoms in total. The highest BCUT2D eigenvalue weighted by molar-refractivity contribution is 5.80. The first-order valence-electron chi connectivity index (χ1n) is 6.01. The van der Waals surface area contributed by atoms with Gasteiger partial charge in [-0.15, -0.1) is 0 Å². The van der Waals surface area contributed by atoms with Crippen LogP contribution in [0.25, 0.3) is 0 Å². The molecule has 2 atom stereocenters. The van der Waals surface area contributed by atoms with E-state index in [9.17, 15) is 13.2 Å². The zero-order chi connectivity index (χ0) is 13.9. The summed E-state index contributed by atoms with van der Waals surface area (Å²) in [5, 5.41) is 7.07. The van der Waals surface area contributed by atoms with Crippen molar-refractivity contribution in [1.29, 1.82) is 5.41 Å². The smallest absolute Gasteiger partial charge is 0.387 e. The lowest BCUT2D eigenvalue weighted by molar-refractivity contribution is -0.160. The van der Waals surface area contributed by atoms with E-state index in [-0.39, 0.29) is 12.6 Å². The highest BCUT2D eigenvalue weighted by atomic mass is 19.4. The predicted octanol–water partition coefficient (Wildman–Crippen LogP) is 1.13. The third-order valence-corrected chi connectivity index (χ3v) is 3.46. The summed E-state index contributed by atoms with van der Waals surface area (Å²) in [6.07, 6.45) is -2.56. The van der Waals surface area contributed by atoms with Gasteiger partial charge in [0, 0.05) is 19.1 Å². The second-order valence-electron chi connectivity index (χ2n) is 5.05. The number of nitrogens with zero attached hydrogens (tertiary/aromatic N) is 2. The minimum atomic E-state index is -4.44. The van der Waals surface area contributed by atoms with Gasteiger partial charge in [0.2, 0.25) is 0 Å². The Morgan fingerprint density at radius 2 is 2.17 bits per heavy atom. The van der Waals surface area contributed by atoms with Crippen molar-refractivity contribution in [3.05, 3.63) is 0 Å². The molecule has 3 N–H and O–H groups in total. The monoisotopic (exact) mass is 266 g/mol. The number of hydrogen-bond donors (Lipinski definition) is 2. The molecular formula is C11H21F3N4. The maximum atomic E-state index is 12.7. The van der Waals surface area contributed by atoms with E-state index in [0.29, 0.717) is 0 Å². The predicted molar refractivity (Wildman–Crippen MR) is 64.6 cm³/mol. The minimum Gasteiger partial charge on any atom is -0.387 e. The van der Waals surface area contributed by atoms with E-state index in [1.807, 2.05) is 7.05 Å². The number of nitrogens with two attached hydrogens (primary N) is 1. The molecule has 0 spiro atoms. The van der Waals surface area contributed by atoms with Crippen LogP contribution in [0.4, 0.5) is 13.2 Å². The molecule has 2 unspecified atom stereocenters. The Morgan fingerprint density at radius 1 is 1.56 bits per heavy atom. The summed E-state index contributed by atoms with van der Waals surface area (Å²) in [5.41, 5.74) is 5.05. The van der Waals surface area contributed by atoms with Gasteiger partial charge in [-0.25, -0.2) is 0 Å². The molecule has 18 heavy (non-hydrogen) atoms. The van der Waals surface area contributed by atoms with E-state index in [2.05, 4.69) is 4.90 Å². The van der Waals surface area contributed by atoms with Crippen LogP contribution in [0.1, 0.15) is 12.8 Å². The number of piperidine rings is 1. The SMILES string of the molecule is CN1CCCC(N(C)CC(C(=N)N)C(F)(F)F)C1. The van der Waals surface area contributed by atoms with Crippen molar-refractivity contribution >= 4 is 5.84 Å². The van der Waals surface area contributed by atoms with Gasteiger partial charge in [0.05, 0.1) is 0 Å². The van der Waals surface area contributed by atoms with E-state index in [1.54, 1.807) is 11.9 Å². The highest BCUT2D eigenvalue weighted by Gasteiger charge is 2.43. The summed E-state index contributed by atoms with van der Waals surface area (Å²) in [7, 11) is 3.64. The zero-order valence-corrected chi connectivity index (χ0v) is 10.8. The Bertz CT molecular complexity index is 293. The zero-order valence-electron chi connectivity index (χ0n) is 10.8. The fourth-order valence-corrected chi connectivity index (χ4v) is 2.31. The van der Waals surface area contributed by atoms with Crippen molar-refractivity contribution in [2.24, 2.45) is 11.7 Å². The quantitative estimate of drug-likeness (QED) is 0.592. The van der Waals surface area contributed by atoms with Crippen molar-refractivity contribution in [3.63, 3.8) is 0 Å². The molecule has 0 aromatic heterocycles. The fraction of sp³-hybridized carbons (Fsp3) is 0.909. The van der Waals surface area contributed by atoms with Crippen LogP contribution in [0, 0.1) is 11.3 Å². The lowest BCUT2D eigenvalue weighted by Crippen LogP contribution is -2.50. The molecule has 0 radical (unpaired) electrons. The molecule has 1 rings (SSSR count). The minimum absolute atomic E-state index is 0.105. The second-order valence-corrected chi connectivity index (χ2v) is 5.05. The Morgan fingerprint density at radius 3 is 2.61 bits per heavy atom. The Labute approximate surface area is 105 Å². The molecule has 106 valence electrons. The normalized spacial score (nSPS) is 24.2. The Hall–Kier alpha value is -0.820. The number of hydrogen-bond acceptors (Lipinski definition) is 3. The van der Waals surface area contributed by atoms with Crippen LogP contribution in [0.2, 0.25) is 0 Å². The summed E-state index contributed by atoms with van der Waals surface area (Å²) >= 11 is 0. The fourth-order valence-electron chi connectivity index (χ4n) is 2.31. The van der Waals surface area contributed by atoms with E-state index >= 15 is 0 Å². The van der Waals surface area contributed by atoms with Crippen LogP contribution < -0.4 is 5.73 Å². The van der Waals surface area contributed by atoms with Crippen LogP contribution in [0.3, 0.4) is 0 Å². The second kappa shape index (κ2) is 5.88. The summed E-state index contributed by atoms with van der Waals surface area (Å²) in [6.45, 7) is 1.51. The van der Waals surface area contributed by atoms with Gasteiger partial charge in [0.15, 0.2) is 0 Å². The maximum absolute atomic E-state index is 12.7. The van der Waals surface area contributed by atoms with E-state index in [0.717, 1.165) is 25.9 Å². The van der Waals surface area contributed by atoms with Gasteiger partial charge < -0.3 is 15.5 Å². The first kappa shape index (κ1) is 15.2. The molecule has 0 aromatic rings. The Balaban J connectivity index is 2.61. The lowest BCUT2D eigenvalue weighted by atomic mass is 10.0. The van der Waals surface area contributed by atoms with Crippen molar-refractivity contribution in [2.75, 3.05) is 33.7 Å². The topological polar surface area (TPSA) is 56.4 Å². The first-order valence-corrected chi connectivity index (χ1v) is 6.01. The first-order chi connectivity index (χ1) is 8.21. The van der Waals surface area contributed by atoms with Crippen LogP contribution in [-0.2, 0) is 0 Å². The molecule has 7 heteroatoms. The number of alkyl halides is 3. The lowest BCUT2D eigenvalue weighted by Gasteiger charge is -2.37. The molecule has 1 saturated heterocycles. The average Bonchev–Trinajstić information content (AvgIpc) is 2.23. The molecule has 0 amide bonds. The molecule has 0 aromatic carbocycles. The van der Waals surface area contributed by atoms with Crippen LogP contribution in [0.15, 0.2) is 0 Å². The molecule has 0 saturated carbocycles. The van der Waals surface area contributed by atoms with Gasteiger partial charge >= 0.3 is 6.18 Å². The van der Waals surface area contributed by atoms with E-state index in [1.165, 1.54) is 0 Å². The van der Waals surface area contributed by atoms with Gasteiger partial charge in [0.25, 0.3) is 0 Å². The number of nitrogens with one attached hydrogen (secondary N) is 1. The molecule has 1 aliphatic heterocycles. The standard InChI is InChI=1S/C11H21F3N4/c1-17-5-3-4-8(6-17)18(2)7-9(10(15)16)11(12,13)14/h8-9H,3-7H2,1-2H3,(H3,15,16). The average molecular weight is 266 g/mol. The van der Waals surface area contributed by atoms with Crippen molar-refractivity contribution in [2.45, 2.75) is 25.1 Å². The van der Waals surface area contributed by atoms with Gasteiger partial charge in [0.1, 0.15) is 11.8 Å². The van der Waals surface area contributed by atoms with E-state index < -0.39 is 17.9 Å². The van der Waals surface area contributed by atoms with Crippen LogP contribution in [-0.4, -0.2) is 61.6 Å². The van der Waals surface area contributed by atoms with Crippen molar-refractivity contribution in [1.82, 2.24) is 9.80 Å². The van der Waals surface area contributed by atoms with Crippen molar-refractivity contribution in [3.8, 4) is 0 Å². The molecule has 1 fully saturated rings. The summed E-state index contributed by atoms with van der Waals surface area (Å²) in [6, 6.07) is 0.105. The summed E-state index contributed by atoms with van der Waals surface area (Å²) < 4.78 is 38.2. The third kappa shape index (κ3) is 4.13. The largest absolute Gasteiger partial charge is 0.399 e. The summed E-state index contributed by atoms with van der Waals surface area (Å²) in [4.78, 5) is 3.79. The van der Waals surface area contributed by atoms with Gasteiger partial charge in [-0.3, -0.25) is 5.41 Å². The Kier molecular flexibility index (Phi) is 4.98. The van der Waals surface area contributed by atoms with E-state index in [4.69, 9.17) is 11.1 Å². The third-order valence-electron chi connectivity index (χ3n) is 3.46. The maximum Gasteiger partial charge on any atom is 0.399 e. The number of amidine groups is 1. The number of likely N-dealkylation sites (tertiary alicyclic amines) is 1. The van der Waals surface area contributed by atoms with Crippen molar-refractivity contribution < 1.29 is 13.2 Å². The number of rotatable bonds is 4. The number of halogens is 3. The summed E-state index contributed by atoms with van der Waals surface area (Å²) in [5.74, 6) is -2.67. The van der Waals surface area contributed by atoms with Gasteiger partial charge in [-0.05, 0) is 33.5 Å². The molecule has 1 aliphatic rings. The van der Waals surface area contributed by atoms with Gasteiger partial charge in [-0.1, -0.05) is 0 Å². The molecule has 0 bridgehead atoms. The molecule has 1 heterocycles. The molecular weight excluding hydrogens is 245 g/mol. The highest BCUT2D eigenvalue weighted by Crippen LogP contribution is 2.27. The van der Waals surface area contributed by atoms with Crippen LogP contribution >= 0.6 is 0 Å². The number of likely N-dealkylation sites (N-methyl/N-ethyl adjacent to an activating group) is 2. The van der Waals surface area contributed by atoms with Gasteiger partial charge in [-0.2, -0.15) is 13.2 Å². The molecule has 0 aliphatic carbocycles.